The predicted molar refractivity (Wildman–Crippen MR) is 125 cm³/mol. The monoisotopic (exact) mass is 388 g/mol. The third-order valence-electron chi connectivity index (χ3n) is 9.31. The molecule has 28 heavy (non-hydrogen) atoms. The fourth-order valence-corrected chi connectivity index (χ4v) is 7.27. The minimum absolute atomic E-state index is 1.08. The van der Waals surface area contributed by atoms with Gasteiger partial charge in [-0.05, 0) is 61.2 Å². The van der Waals surface area contributed by atoms with Gasteiger partial charge in [-0.1, -0.05) is 117 Å². The molecule has 0 heterocycles. The minimum atomic E-state index is 1.08. The lowest BCUT2D eigenvalue weighted by atomic mass is 9.68. The molecule has 0 nitrogen and oxygen atoms in total. The lowest BCUT2D eigenvalue weighted by Crippen LogP contribution is -2.26. The quantitative estimate of drug-likeness (QED) is 0.327. The van der Waals surface area contributed by atoms with E-state index in [0.717, 1.165) is 35.5 Å². The van der Waals surface area contributed by atoms with Crippen LogP contribution >= 0.6 is 0 Å². The SMILES string of the molecule is CCCCC[C@H]1CC[C@H](C2CCC(CC[C@H]3CC[C@H](CCC)CC3)CC2)CC1. The van der Waals surface area contributed by atoms with Crippen molar-refractivity contribution in [3.63, 3.8) is 0 Å². The molecule has 0 aromatic heterocycles. The topological polar surface area (TPSA) is 0 Å². The molecule has 0 aromatic carbocycles. The Morgan fingerprint density at radius 1 is 0.393 bits per heavy atom. The molecule has 0 N–H and O–H groups in total. The second kappa shape index (κ2) is 12.6. The molecule has 3 rings (SSSR count). The van der Waals surface area contributed by atoms with Gasteiger partial charge in [0.05, 0.1) is 0 Å². The molecule has 0 aromatic rings. The van der Waals surface area contributed by atoms with E-state index in [2.05, 4.69) is 13.8 Å². The van der Waals surface area contributed by atoms with E-state index >= 15 is 0 Å². The van der Waals surface area contributed by atoms with E-state index in [0.29, 0.717) is 0 Å². The summed E-state index contributed by atoms with van der Waals surface area (Å²) in [5, 5.41) is 0. The van der Waals surface area contributed by atoms with Gasteiger partial charge < -0.3 is 0 Å². The van der Waals surface area contributed by atoms with Crippen LogP contribution in [-0.2, 0) is 0 Å². The highest BCUT2D eigenvalue weighted by Gasteiger charge is 2.31. The highest BCUT2D eigenvalue weighted by atomic mass is 14.4. The molecule has 0 radical (unpaired) electrons. The average molecular weight is 389 g/mol. The van der Waals surface area contributed by atoms with Gasteiger partial charge in [-0.3, -0.25) is 0 Å². The fourth-order valence-electron chi connectivity index (χ4n) is 7.27. The van der Waals surface area contributed by atoms with Crippen molar-refractivity contribution in [3.05, 3.63) is 0 Å². The molecule has 3 aliphatic carbocycles. The first kappa shape index (κ1) is 22.7. The van der Waals surface area contributed by atoms with Crippen LogP contribution in [0.5, 0.6) is 0 Å². The van der Waals surface area contributed by atoms with Gasteiger partial charge in [0.15, 0.2) is 0 Å². The second-order valence-corrected chi connectivity index (χ2v) is 11.3. The Bertz CT molecular complexity index is 375. The first-order valence-corrected chi connectivity index (χ1v) is 13.8. The summed E-state index contributed by atoms with van der Waals surface area (Å²) in [6.45, 7) is 4.70. The van der Waals surface area contributed by atoms with Gasteiger partial charge in [-0.25, -0.2) is 0 Å². The van der Waals surface area contributed by atoms with Crippen molar-refractivity contribution in [1.82, 2.24) is 0 Å². The summed E-state index contributed by atoms with van der Waals surface area (Å²) >= 11 is 0. The van der Waals surface area contributed by atoms with Crippen molar-refractivity contribution >= 4 is 0 Å². The number of unbranched alkanes of at least 4 members (excludes halogenated alkanes) is 2. The molecule has 3 aliphatic rings. The molecule has 0 spiro atoms. The van der Waals surface area contributed by atoms with Crippen LogP contribution in [-0.4, -0.2) is 0 Å². The Balaban J connectivity index is 1.25. The summed E-state index contributed by atoms with van der Waals surface area (Å²) in [4.78, 5) is 0. The van der Waals surface area contributed by atoms with Crippen LogP contribution < -0.4 is 0 Å². The van der Waals surface area contributed by atoms with Crippen LogP contribution in [0.3, 0.4) is 0 Å². The van der Waals surface area contributed by atoms with Crippen molar-refractivity contribution in [1.29, 1.82) is 0 Å². The molecule has 0 heteroatoms. The van der Waals surface area contributed by atoms with E-state index in [1.165, 1.54) is 38.5 Å². The summed E-state index contributed by atoms with van der Waals surface area (Å²) in [5.74, 6) is 6.57. The molecule has 0 aliphatic heterocycles. The summed E-state index contributed by atoms with van der Waals surface area (Å²) in [7, 11) is 0. The van der Waals surface area contributed by atoms with Crippen LogP contribution in [0.4, 0.5) is 0 Å². The molecule has 0 atom stereocenters. The fraction of sp³-hybridized carbons (Fsp3) is 1.00. The van der Waals surface area contributed by atoms with Gasteiger partial charge >= 0.3 is 0 Å². The molecule has 0 saturated heterocycles. The highest BCUT2D eigenvalue weighted by Crippen LogP contribution is 2.44. The maximum atomic E-state index is 2.36. The standard InChI is InChI=1S/C28H52/c1-3-5-6-8-24-15-19-27(20-16-24)28-21-17-26(18-22-28)14-13-25-11-9-23(7-4-2)10-12-25/h23-28H,3-22H2,1-2H3/t23-,24-,25-,26?,27-,28?. The van der Waals surface area contributed by atoms with Crippen LogP contribution in [0, 0.1) is 35.5 Å². The lowest BCUT2D eigenvalue weighted by Gasteiger charge is -2.38. The molecule has 0 amide bonds. The van der Waals surface area contributed by atoms with Crippen LogP contribution in [0.25, 0.3) is 0 Å². The minimum Gasteiger partial charge on any atom is -0.0654 e. The third kappa shape index (κ3) is 7.36. The van der Waals surface area contributed by atoms with E-state index in [9.17, 15) is 0 Å². The smallest absolute Gasteiger partial charge is 0.0386 e. The van der Waals surface area contributed by atoms with E-state index < -0.39 is 0 Å². The molecule has 3 saturated carbocycles. The van der Waals surface area contributed by atoms with Gasteiger partial charge in [-0.15, -0.1) is 0 Å². The molecular formula is C28H52. The van der Waals surface area contributed by atoms with Crippen LogP contribution in [0.1, 0.15) is 142 Å². The van der Waals surface area contributed by atoms with Gasteiger partial charge in [0.2, 0.25) is 0 Å². The maximum absolute atomic E-state index is 2.36. The first-order valence-electron chi connectivity index (χ1n) is 13.8. The van der Waals surface area contributed by atoms with Crippen LogP contribution in [0.2, 0.25) is 0 Å². The van der Waals surface area contributed by atoms with Gasteiger partial charge in [0, 0.05) is 0 Å². The number of rotatable bonds is 10. The third-order valence-corrected chi connectivity index (χ3v) is 9.31. The first-order chi connectivity index (χ1) is 13.8. The zero-order chi connectivity index (χ0) is 19.6. The van der Waals surface area contributed by atoms with E-state index in [-0.39, 0.29) is 0 Å². The zero-order valence-corrected chi connectivity index (χ0v) is 19.6. The Morgan fingerprint density at radius 2 is 0.786 bits per heavy atom. The summed E-state index contributed by atoms with van der Waals surface area (Å²) in [5.41, 5.74) is 0. The largest absolute Gasteiger partial charge is 0.0654 e. The number of hydrogen-bond acceptors (Lipinski definition) is 0. The normalized spacial score (nSPS) is 37.1. The number of hydrogen-bond donors (Lipinski definition) is 0. The Morgan fingerprint density at radius 3 is 1.21 bits per heavy atom. The summed E-state index contributed by atoms with van der Waals surface area (Å²) < 4.78 is 0. The van der Waals surface area contributed by atoms with Gasteiger partial charge in [0.1, 0.15) is 0 Å². The molecule has 164 valence electrons. The Hall–Kier alpha value is 0. The van der Waals surface area contributed by atoms with Crippen molar-refractivity contribution in [3.8, 4) is 0 Å². The summed E-state index contributed by atoms with van der Waals surface area (Å²) in [6.07, 6.45) is 30.7. The second-order valence-electron chi connectivity index (χ2n) is 11.3. The van der Waals surface area contributed by atoms with Crippen molar-refractivity contribution < 1.29 is 0 Å². The lowest BCUT2D eigenvalue weighted by molar-refractivity contribution is 0.135. The molecular weight excluding hydrogens is 336 g/mol. The average Bonchev–Trinajstić information content (AvgIpc) is 2.75. The van der Waals surface area contributed by atoms with Crippen molar-refractivity contribution in [2.75, 3.05) is 0 Å². The van der Waals surface area contributed by atoms with Gasteiger partial charge in [-0.2, -0.15) is 0 Å². The molecule has 0 unspecified atom stereocenters. The van der Waals surface area contributed by atoms with Crippen molar-refractivity contribution in [2.24, 2.45) is 35.5 Å². The summed E-state index contributed by atoms with van der Waals surface area (Å²) in [6, 6.07) is 0. The van der Waals surface area contributed by atoms with Crippen LogP contribution in [0.15, 0.2) is 0 Å². The maximum Gasteiger partial charge on any atom is -0.0386 e. The van der Waals surface area contributed by atoms with Gasteiger partial charge in [0.25, 0.3) is 0 Å². The molecule has 3 fully saturated rings. The zero-order valence-electron chi connectivity index (χ0n) is 19.6. The van der Waals surface area contributed by atoms with E-state index in [1.807, 2.05) is 0 Å². The van der Waals surface area contributed by atoms with E-state index in [1.54, 1.807) is 89.9 Å². The van der Waals surface area contributed by atoms with Crippen molar-refractivity contribution in [2.45, 2.75) is 142 Å². The molecule has 0 bridgehead atoms. The Kier molecular flexibility index (Phi) is 10.2. The Labute approximate surface area is 178 Å². The highest BCUT2D eigenvalue weighted by molar-refractivity contribution is 4.83. The predicted octanol–water partition coefficient (Wildman–Crippen LogP) is 9.57. The van der Waals surface area contributed by atoms with E-state index in [4.69, 9.17) is 0 Å².